The standard InChI is InChI=1S/C10H14N6O2/c1-15-9-8(5-12-15)10(17)16(14-13-9)6-7-4-11-2-3-18-7/h5,7,11H,2-4,6H2,1H3. The lowest BCUT2D eigenvalue weighted by Crippen LogP contribution is -2.43. The molecule has 0 bridgehead atoms. The molecule has 0 amide bonds. The second kappa shape index (κ2) is 4.46. The van der Waals surface area contributed by atoms with Crippen LogP contribution < -0.4 is 10.9 Å². The molecule has 0 radical (unpaired) electrons. The smallest absolute Gasteiger partial charge is 0.280 e. The molecule has 96 valence electrons. The van der Waals surface area contributed by atoms with Crippen molar-refractivity contribution in [1.29, 1.82) is 0 Å². The first-order valence-electron chi connectivity index (χ1n) is 5.83. The topological polar surface area (TPSA) is 86.9 Å². The largest absolute Gasteiger partial charge is 0.374 e. The number of morpholine rings is 1. The predicted octanol–water partition coefficient (Wildman–Crippen LogP) is -1.49. The molecule has 0 aliphatic carbocycles. The van der Waals surface area contributed by atoms with Crippen molar-refractivity contribution in [2.24, 2.45) is 7.05 Å². The normalized spacial score (nSPS) is 20.4. The zero-order valence-electron chi connectivity index (χ0n) is 10.0. The number of aryl methyl sites for hydroxylation is 1. The van der Waals surface area contributed by atoms with Gasteiger partial charge in [-0.15, -0.1) is 5.10 Å². The lowest BCUT2D eigenvalue weighted by molar-refractivity contribution is 0.0149. The van der Waals surface area contributed by atoms with Gasteiger partial charge in [0, 0.05) is 20.1 Å². The van der Waals surface area contributed by atoms with Crippen LogP contribution in [0.25, 0.3) is 11.0 Å². The van der Waals surface area contributed by atoms with Crippen LogP contribution in [0.1, 0.15) is 0 Å². The first-order valence-corrected chi connectivity index (χ1v) is 5.83. The highest BCUT2D eigenvalue weighted by molar-refractivity contribution is 5.72. The van der Waals surface area contributed by atoms with Gasteiger partial charge in [-0.05, 0) is 0 Å². The lowest BCUT2D eigenvalue weighted by atomic mass is 10.3. The number of nitrogens with one attached hydrogen (secondary N) is 1. The number of aromatic nitrogens is 5. The molecule has 2 aromatic heterocycles. The van der Waals surface area contributed by atoms with Crippen molar-refractivity contribution in [2.75, 3.05) is 19.7 Å². The molecule has 1 unspecified atom stereocenters. The molecular formula is C10H14N6O2. The Balaban J connectivity index is 1.92. The molecule has 1 fully saturated rings. The predicted molar refractivity (Wildman–Crippen MR) is 63.2 cm³/mol. The van der Waals surface area contributed by atoms with E-state index in [0.717, 1.165) is 13.1 Å². The van der Waals surface area contributed by atoms with Crippen molar-refractivity contribution in [1.82, 2.24) is 30.1 Å². The number of rotatable bonds is 2. The van der Waals surface area contributed by atoms with Gasteiger partial charge in [0.15, 0.2) is 5.65 Å². The van der Waals surface area contributed by atoms with E-state index in [2.05, 4.69) is 20.7 Å². The molecule has 3 rings (SSSR count). The van der Waals surface area contributed by atoms with Gasteiger partial charge < -0.3 is 10.1 Å². The third kappa shape index (κ3) is 1.89. The van der Waals surface area contributed by atoms with Gasteiger partial charge in [-0.1, -0.05) is 5.21 Å². The third-order valence-electron chi connectivity index (χ3n) is 3.00. The molecule has 0 aromatic carbocycles. The van der Waals surface area contributed by atoms with E-state index < -0.39 is 0 Å². The SMILES string of the molecule is Cn1ncc2c(=O)n(CC3CNCCO3)nnc21. The van der Waals surface area contributed by atoms with Gasteiger partial charge >= 0.3 is 0 Å². The van der Waals surface area contributed by atoms with Crippen LogP contribution in [0, 0.1) is 0 Å². The molecule has 1 aliphatic heterocycles. The van der Waals surface area contributed by atoms with E-state index in [1.54, 1.807) is 7.05 Å². The van der Waals surface area contributed by atoms with E-state index in [1.807, 2.05) is 0 Å². The summed E-state index contributed by atoms with van der Waals surface area (Å²) in [5.74, 6) is 0. The van der Waals surface area contributed by atoms with Crippen molar-refractivity contribution in [3.8, 4) is 0 Å². The average molecular weight is 250 g/mol. The van der Waals surface area contributed by atoms with Crippen LogP contribution in [0.3, 0.4) is 0 Å². The minimum Gasteiger partial charge on any atom is -0.374 e. The van der Waals surface area contributed by atoms with Crippen LogP contribution in [-0.4, -0.2) is 50.6 Å². The Morgan fingerprint density at radius 1 is 1.61 bits per heavy atom. The van der Waals surface area contributed by atoms with Gasteiger partial charge in [-0.2, -0.15) is 5.10 Å². The Morgan fingerprint density at radius 2 is 2.50 bits per heavy atom. The highest BCUT2D eigenvalue weighted by Crippen LogP contribution is 2.03. The van der Waals surface area contributed by atoms with Crippen LogP contribution in [0.5, 0.6) is 0 Å². The minimum atomic E-state index is -0.178. The van der Waals surface area contributed by atoms with Crippen LogP contribution in [0.2, 0.25) is 0 Å². The molecule has 2 aromatic rings. The van der Waals surface area contributed by atoms with Crippen LogP contribution in [0.15, 0.2) is 11.0 Å². The molecule has 18 heavy (non-hydrogen) atoms. The van der Waals surface area contributed by atoms with Gasteiger partial charge in [-0.3, -0.25) is 4.79 Å². The summed E-state index contributed by atoms with van der Waals surface area (Å²) in [6.45, 7) is 2.63. The van der Waals surface area contributed by atoms with E-state index in [4.69, 9.17) is 4.74 Å². The van der Waals surface area contributed by atoms with Crippen molar-refractivity contribution in [3.63, 3.8) is 0 Å². The number of ether oxygens (including phenoxy) is 1. The average Bonchev–Trinajstić information content (AvgIpc) is 2.77. The van der Waals surface area contributed by atoms with E-state index in [1.165, 1.54) is 15.6 Å². The molecule has 1 atom stereocenters. The third-order valence-corrected chi connectivity index (χ3v) is 3.00. The summed E-state index contributed by atoms with van der Waals surface area (Å²) in [4.78, 5) is 12.1. The number of nitrogens with zero attached hydrogens (tertiary/aromatic N) is 5. The fourth-order valence-corrected chi connectivity index (χ4v) is 2.03. The summed E-state index contributed by atoms with van der Waals surface area (Å²) in [5.41, 5.74) is 0.321. The van der Waals surface area contributed by atoms with E-state index in [0.29, 0.717) is 24.2 Å². The summed E-state index contributed by atoms with van der Waals surface area (Å²) in [6.07, 6.45) is 1.47. The molecule has 8 nitrogen and oxygen atoms in total. The Labute approximate surface area is 103 Å². The first-order chi connectivity index (χ1) is 8.75. The summed E-state index contributed by atoms with van der Waals surface area (Å²) in [7, 11) is 1.73. The highest BCUT2D eigenvalue weighted by atomic mass is 16.5. The van der Waals surface area contributed by atoms with Crippen LogP contribution >= 0.6 is 0 Å². The summed E-state index contributed by atoms with van der Waals surface area (Å²) >= 11 is 0. The van der Waals surface area contributed by atoms with E-state index >= 15 is 0 Å². The maximum Gasteiger partial charge on any atom is 0.280 e. The summed E-state index contributed by atoms with van der Waals surface area (Å²) in [5, 5.41) is 15.6. The molecule has 1 N–H and O–H groups in total. The zero-order chi connectivity index (χ0) is 12.5. The van der Waals surface area contributed by atoms with E-state index in [-0.39, 0.29) is 11.7 Å². The van der Waals surface area contributed by atoms with Gasteiger partial charge in [0.25, 0.3) is 5.56 Å². The monoisotopic (exact) mass is 250 g/mol. The Kier molecular flexibility index (Phi) is 2.80. The Hall–Kier alpha value is -1.80. The summed E-state index contributed by atoms with van der Waals surface area (Å²) < 4.78 is 8.41. The molecule has 3 heterocycles. The highest BCUT2D eigenvalue weighted by Gasteiger charge is 2.17. The molecule has 0 spiro atoms. The number of fused-ring (bicyclic) bond motifs is 1. The molecule has 8 heteroatoms. The fourth-order valence-electron chi connectivity index (χ4n) is 2.03. The quantitative estimate of drug-likeness (QED) is 0.699. The minimum absolute atomic E-state index is 0.0418. The second-order valence-corrected chi connectivity index (χ2v) is 4.28. The van der Waals surface area contributed by atoms with Gasteiger partial charge in [-0.25, -0.2) is 9.36 Å². The molecule has 1 aliphatic rings. The van der Waals surface area contributed by atoms with Gasteiger partial charge in [0.2, 0.25) is 0 Å². The first kappa shape index (κ1) is 11.3. The molecule has 0 saturated carbocycles. The van der Waals surface area contributed by atoms with Crippen LogP contribution in [0.4, 0.5) is 0 Å². The van der Waals surface area contributed by atoms with Crippen molar-refractivity contribution in [3.05, 3.63) is 16.6 Å². The van der Waals surface area contributed by atoms with Gasteiger partial charge in [0.05, 0.1) is 25.5 Å². The maximum absolute atomic E-state index is 12.1. The fraction of sp³-hybridized carbons (Fsp3) is 0.600. The van der Waals surface area contributed by atoms with Crippen LogP contribution in [-0.2, 0) is 18.3 Å². The molecule has 1 saturated heterocycles. The Morgan fingerprint density at radius 3 is 3.28 bits per heavy atom. The summed E-state index contributed by atoms with van der Waals surface area (Å²) in [6, 6.07) is 0. The van der Waals surface area contributed by atoms with E-state index in [9.17, 15) is 4.79 Å². The Bertz CT molecular complexity index is 612. The molecular weight excluding hydrogens is 236 g/mol. The lowest BCUT2D eigenvalue weighted by Gasteiger charge is -2.23. The van der Waals surface area contributed by atoms with Gasteiger partial charge in [0.1, 0.15) is 5.39 Å². The number of hydrogen-bond acceptors (Lipinski definition) is 6. The van der Waals surface area contributed by atoms with Crippen molar-refractivity contribution < 1.29 is 4.74 Å². The number of hydrogen-bond donors (Lipinski definition) is 1. The zero-order valence-corrected chi connectivity index (χ0v) is 10.0. The maximum atomic E-state index is 12.1. The second-order valence-electron chi connectivity index (χ2n) is 4.28. The van der Waals surface area contributed by atoms with Crippen molar-refractivity contribution in [2.45, 2.75) is 12.6 Å². The van der Waals surface area contributed by atoms with Crippen molar-refractivity contribution >= 4 is 11.0 Å².